The molecule has 0 atom stereocenters. The van der Waals surface area contributed by atoms with Gasteiger partial charge in [0.25, 0.3) is 5.91 Å². The molecule has 7 heteroatoms. The first-order valence-corrected chi connectivity index (χ1v) is 9.76. The lowest BCUT2D eigenvalue weighted by Crippen LogP contribution is -2.39. The number of halogens is 1. The highest BCUT2D eigenvalue weighted by Gasteiger charge is 2.20. The molecule has 1 aromatic heterocycles. The van der Waals surface area contributed by atoms with Crippen molar-refractivity contribution in [1.29, 1.82) is 0 Å². The molecule has 0 radical (unpaired) electrons. The van der Waals surface area contributed by atoms with Crippen molar-refractivity contribution in [2.24, 2.45) is 5.92 Å². The Labute approximate surface area is 162 Å². The number of H-pyrrole nitrogens is 1. The van der Waals surface area contributed by atoms with Crippen LogP contribution in [0.5, 0.6) is 0 Å². The van der Waals surface area contributed by atoms with Gasteiger partial charge < -0.3 is 15.0 Å². The van der Waals surface area contributed by atoms with Gasteiger partial charge in [0.1, 0.15) is 5.69 Å². The molecule has 1 fully saturated rings. The van der Waals surface area contributed by atoms with Gasteiger partial charge in [0.05, 0.1) is 12.3 Å². The van der Waals surface area contributed by atoms with E-state index in [1.54, 1.807) is 13.2 Å². The molecule has 0 unspecified atom stereocenters. The van der Waals surface area contributed by atoms with E-state index in [1.165, 1.54) is 0 Å². The number of carbonyl (C=O) groups is 1. The molecule has 0 bridgehead atoms. The second kappa shape index (κ2) is 9.30. The number of benzene rings is 1. The predicted molar refractivity (Wildman–Crippen MR) is 105 cm³/mol. The summed E-state index contributed by atoms with van der Waals surface area (Å²) in [6, 6.07) is 9.66. The third kappa shape index (κ3) is 5.16. The van der Waals surface area contributed by atoms with E-state index in [2.05, 4.69) is 36.3 Å². The number of nitrogens with zero attached hydrogens (tertiary/aromatic N) is 2. The summed E-state index contributed by atoms with van der Waals surface area (Å²) in [6.45, 7) is 4.62. The van der Waals surface area contributed by atoms with Crippen LogP contribution in [0.4, 0.5) is 0 Å². The molecule has 0 aliphatic carbocycles. The number of aromatic nitrogens is 2. The number of amides is 1. The number of carbonyl (C=O) groups excluding carboxylic acids is 1. The van der Waals surface area contributed by atoms with E-state index in [1.807, 2.05) is 24.3 Å². The zero-order valence-corrected chi connectivity index (χ0v) is 16.6. The Morgan fingerprint density at radius 2 is 2.08 bits per heavy atom. The highest BCUT2D eigenvalue weighted by Crippen LogP contribution is 2.21. The van der Waals surface area contributed by atoms with Gasteiger partial charge in [-0.1, -0.05) is 28.1 Å². The molecule has 2 heterocycles. The number of nitrogens with one attached hydrogen (secondary N) is 2. The fourth-order valence-electron chi connectivity index (χ4n) is 3.17. The van der Waals surface area contributed by atoms with Crippen LogP contribution in [0.15, 0.2) is 34.8 Å². The fraction of sp³-hybridized carbons (Fsp3) is 0.474. The maximum Gasteiger partial charge on any atom is 0.269 e. The lowest BCUT2D eigenvalue weighted by Gasteiger charge is -2.31. The van der Waals surface area contributed by atoms with Crippen molar-refractivity contribution in [3.8, 4) is 11.3 Å². The minimum absolute atomic E-state index is 0.0947. The predicted octanol–water partition coefficient (Wildman–Crippen LogP) is 2.93. The number of ether oxygens (including phenoxy) is 1. The highest BCUT2D eigenvalue weighted by atomic mass is 79.9. The average Bonchev–Trinajstić information content (AvgIpc) is 3.16. The van der Waals surface area contributed by atoms with Crippen LogP contribution in [0.3, 0.4) is 0 Å². The standard InChI is InChI=1S/C19H25BrN4O2/c1-26-11-10-24-8-6-14(7-9-24)13-21-19(25)18-12-17(22-23-18)15-2-4-16(20)5-3-15/h2-5,12,14H,6-11,13H2,1H3,(H,21,25)(H,22,23). The summed E-state index contributed by atoms with van der Waals surface area (Å²) in [5, 5.41) is 10.1. The van der Waals surface area contributed by atoms with E-state index >= 15 is 0 Å². The van der Waals surface area contributed by atoms with E-state index in [-0.39, 0.29) is 5.91 Å². The summed E-state index contributed by atoms with van der Waals surface area (Å²) in [4.78, 5) is 14.8. The van der Waals surface area contributed by atoms with Gasteiger partial charge in [0, 0.05) is 30.2 Å². The summed E-state index contributed by atoms with van der Waals surface area (Å²) in [6.07, 6.45) is 2.22. The van der Waals surface area contributed by atoms with E-state index < -0.39 is 0 Å². The second-order valence-corrected chi connectivity index (χ2v) is 7.58. The molecule has 1 amide bonds. The molecule has 2 N–H and O–H groups in total. The summed E-state index contributed by atoms with van der Waals surface area (Å²) >= 11 is 3.42. The summed E-state index contributed by atoms with van der Waals surface area (Å²) in [5.74, 6) is 0.439. The SMILES string of the molecule is COCCN1CCC(CNC(=O)c2cc(-c3ccc(Br)cc3)n[nH]2)CC1. The average molecular weight is 421 g/mol. The molecule has 0 spiro atoms. The molecule has 140 valence electrons. The third-order valence-electron chi connectivity index (χ3n) is 4.83. The molecule has 1 aliphatic rings. The first kappa shape index (κ1) is 19.1. The van der Waals surface area contributed by atoms with Gasteiger partial charge in [-0.25, -0.2) is 0 Å². The second-order valence-electron chi connectivity index (χ2n) is 6.66. The van der Waals surface area contributed by atoms with Crippen molar-refractivity contribution in [1.82, 2.24) is 20.4 Å². The molecule has 1 aliphatic heterocycles. The van der Waals surface area contributed by atoms with Gasteiger partial charge in [-0.15, -0.1) is 0 Å². The third-order valence-corrected chi connectivity index (χ3v) is 5.36. The first-order chi connectivity index (χ1) is 12.7. The number of aromatic amines is 1. The summed E-state index contributed by atoms with van der Waals surface area (Å²) in [7, 11) is 1.74. The molecule has 0 saturated carbocycles. The van der Waals surface area contributed by atoms with E-state index in [0.29, 0.717) is 18.2 Å². The van der Waals surface area contributed by atoms with Gasteiger partial charge in [0.15, 0.2) is 0 Å². The molecule has 3 rings (SSSR count). The van der Waals surface area contributed by atoms with Gasteiger partial charge in [-0.3, -0.25) is 9.89 Å². The van der Waals surface area contributed by atoms with Gasteiger partial charge in [0.2, 0.25) is 0 Å². The quantitative estimate of drug-likeness (QED) is 0.722. The molecular formula is C19H25BrN4O2. The van der Waals surface area contributed by atoms with Crippen LogP contribution in [-0.2, 0) is 4.74 Å². The van der Waals surface area contributed by atoms with Crippen molar-refractivity contribution in [3.05, 3.63) is 40.5 Å². The van der Waals surface area contributed by atoms with Crippen molar-refractivity contribution >= 4 is 21.8 Å². The Balaban J connectivity index is 1.46. The number of methoxy groups -OCH3 is 1. The molecule has 6 nitrogen and oxygen atoms in total. The van der Waals surface area contributed by atoms with Crippen LogP contribution < -0.4 is 5.32 Å². The van der Waals surface area contributed by atoms with Crippen LogP contribution in [0.2, 0.25) is 0 Å². The number of hydrogen-bond acceptors (Lipinski definition) is 4. The van der Waals surface area contributed by atoms with Crippen molar-refractivity contribution in [2.45, 2.75) is 12.8 Å². The van der Waals surface area contributed by atoms with E-state index in [0.717, 1.165) is 54.8 Å². The zero-order valence-electron chi connectivity index (χ0n) is 15.0. The van der Waals surface area contributed by atoms with E-state index in [4.69, 9.17) is 4.74 Å². The summed E-state index contributed by atoms with van der Waals surface area (Å²) in [5.41, 5.74) is 2.25. The smallest absolute Gasteiger partial charge is 0.269 e. The lowest BCUT2D eigenvalue weighted by atomic mass is 9.97. The summed E-state index contributed by atoms with van der Waals surface area (Å²) < 4.78 is 6.15. The molecule has 1 saturated heterocycles. The van der Waals surface area contributed by atoms with Crippen molar-refractivity contribution in [2.75, 3.05) is 39.9 Å². The van der Waals surface area contributed by atoms with Gasteiger partial charge in [-0.2, -0.15) is 5.10 Å². The Morgan fingerprint density at radius 1 is 1.35 bits per heavy atom. The Hall–Kier alpha value is -1.70. The zero-order chi connectivity index (χ0) is 18.4. The minimum atomic E-state index is -0.0947. The molecular weight excluding hydrogens is 396 g/mol. The Kier molecular flexibility index (Phi) is 6.82. The van der Waals surface area contributed by atoms with Crippen molar-refractivity contribution < 1.29 is 9.53 Å². The minimum Gasteiger partial charge on any atom is -0.383 e. The Morgan fingerprint density at radius 3 is 2.77 bits per heavy atom. The lowest BCUT2D eigenvalue weighted by molar-refractivity contribution is 0.0921. The van der Waals surface area contributed by atoms with Crippen LogP contribution in [-0.4, -0.2) is 60.9 Å². The van der Waals surface area contributed by atoms with Crippen LogP contribution in [0.1, 0.15) is 23.3 Å². The van der Waals surface area contributed by atoms with Crippen LogP contribution >= 0.6 is 15.9 Å². The van der Waals surface area contributed by atoms with Gasteiger partial charge >= 0.3 is 0 Å². The molecule has 2 aromatic rings. The molecule has 26 heavy (non-hydrogen) atoms. The van der Waals surface area contributed by atoms with Crippen LogP contribution in [0, 0.1) is 5.92 Å². The largest absolute Gasteiger partial charge is 0.383 e. The number of piperidine rings is 1. The monoisotopic (exact) mass is 420 g/mol. The number of likely N-dealkylation sites (tertiary alicyclic amines) is 1. The van der Waals surface area contributed by atoms with Crippen LogP contribution in [0.25, 0.3) is 11.3 Å². The number of rotatable bonds is 7. The number of hydrogen-bond donors (Lipinski definition) is 2. The highest BCUT2D eigenvalue weighted by molar-refractivity contribution is 9.10. The maximum atomic E-state index is 12.4. The molecule has 1 aromatic carbocycles. The normalized spacial score (nSPS) is 15.9. The van der Waals surface area contributed by atoms with Gasteiger partial charge in [-0.05, 0) is 50.0 Å². The topological polar surface area (TPSA) is 70.2 Å². The van der Waals surface area contributed by atoms with E-state index in [9.17, 15) is 4.79 Å². The first-order valence-electron chi connectivity index (χ1n) is 8.96. The van der Waals surface area contributed by atoms with Crippen molar-refractivity contribution in [3.63, 3.8) is 0 Å². The Bertz CT molecular complexity index is 709. The fourth-order valence-corrected chi connectivity index (χ4v) is 3.44. The maximum absolute atomic E-state index is 12.4.